The Morgan fingerprint density at radius 1 is 1.44 bits per heavy atom. The molecule has 0 saturated heterocycles. The maximum atomic E-state index is 12.7. The van der Waals surface area contributed by atoms with Gasteiger partial charge in [0.15, 0.2) is 0 Å². The quantitative estimate of drug-likeness (QED) is 0.483. The molecule has 0 aliphatic carbocycles. The molecule has 4 heteroatoms. The van der Waals surface area contributed by atoms with Gasteiger partial charge in [-0.05, 0) is 30.2 Å². The van der Waals surface area contributed by atoms with E-state index >= 15 is 0 Å². The van der Waals surface area contributed by atoms with Crippen LogP contribution in [0, 0.1) is 5.82 Å². The van der Waals surface area contributed by atoms with Gasteiger partial charge in [0, 0.05) is 11.4 Å². The second-order valence-corrected chi connectivity index (χ2v) is 3.62. The Labute approximate surface area is 102 Å². The van der Waals surface area contributed by atoms with E-state index in [0.29, 0.717) is 11.9 Å². The molecular formula is C12H12BrFO2. The van der Waals surface area contributed by atoms with Crippen molar-refractivity contribution in [1.82, 2.24) is 0 Å². The fraction of sp³-hybridized carbons (Fsp3) is 0.250. The minimum Gasteiger partial charge on any atom is -0.463 e. The van der Waals surface area contributed by atoms with Gasteiger partial charge in [0.25, 0.3) is 0 Å². The molecule has 0 bridgehead atoms. The van der Waals surface area contributed by atoms with Gasteiger partial charge >= 0.3 is 5.97 Å². The molecule has 0 atom stereocenters. The Morgan fingerprint density at radius 2 is 2.06 bits per heavy atom. The lowest BCUT2D eigenvalue weighted by Crippen LogP contribution is -2.01. The number of halogens is 2. The van der Waals surface area contributed by atoms with Crippen molar-refractivity contribution in [2.24, 2.45) is 0 Å². The minimum atomic E-state index is -0.388. The average molecular weight is 287 g/mol. The summed E-state index contributed by atoms with van der Waals surface area (Å²) in [6.07, 6.45) is 1.41. The normalized spacial score (nSPS) is 11.3. The van der Waals surface area contributed by atoms with Gasteiger partial charge in [-0.15, -0.1) is 0 Å². The number of alkyl halides is 1. The largest absolute Gasteiger partial charge is 0.463 e. The van der Waals surface area contributed by atoms with E-state index in [9.17, 15) is 9.18 Å². The van der Waals surface area contributed by atoms with Gasteiger partial charge in [-0.25, -0.2) is 9.18 Å². The zero-order chi connectivity index (χ0) is 12.0. The monoisotopic (exact) mass is 286 g/mol. The molecule has 0 fully saturated rings. The topological polar surface area (TPSA) is 26.3 Å². The van der Waals surface area contributed by atoms with Crippen LogP contribution >= 0.6 is 15.9 Å². The smallest absolute Gasteiger partial charge is 0.331 e. The standard InChI is InChI=1S/C12H12BrFO2/c1-2-16-12(15)7-10(8-13)9-3-5-11(14)6-4-9/h3-7H,2,8H2,1H3. The van der Waals surface area contributed by atoms with E-state index in [1.54, 1.807) is 19.1 Å². The first-order valence-corrected chi connectivity index (χ1v) is 5.98. The summed E-state index contributed by atoms with van der Waals surface area (Å²) in [5, 5.41) is 0.511. The van der Waals surface area contributed by atoms with Crippen LogP contribution in [0.2, 0.25) is 0 Å². The Hall–Kier alpha value is -1.16. The highest BCUT2D eigenvalue weighted by molar-refractivity contribution is 9.09. The number of ether oxygens (including phenoxy) is 1. The van der Waals surface area contributed by atoms with E-state index < -0.39 is 0 Å². The van der Waals surface area contributed by atoms with Crippen molar-refractivity contribution in [2.45, 2.75) is 6.92 Å². The van der Waals surface area contributed by atoms with Crippen molar-refractivity contribution < 1.29 is 13.9 Å². The Morgan fingerprint density at radius 3 is 2.56 bits per heavy atom. The number of carbonyl (C=O) groups excluding carboxylic acids is 1. The number of rotatable bonds is 4. The summed E-state index contributed by atoms with van der Waals surface area (Å²) in [5.74, 6) is -0.685. The van der Waals surface area contributed by atoms with Crippen molar-refractivity contribution in [2.75, 3.05) is 11.9 Å². The fourth-order valence-electron chi connectivity index (χ4n) is 1.19. The zero-order valence-corrected chi connectivity index (χ0v) is 10.5. The second kappa shape index (κ2) is 6.43. The minimum absolute atomic E-state index is 0.297. The molecule has 0 radical (unpaired) electrons. The lowest BCUT2D eigenvalue weighted by atomic mass is 10.1. The summed E-state index contributed by atoms with van der Waals surface area (Å²) in [5.41, 5.74) is 1.56. The van der Waals surface area contributed by atoms with E-state index in [2.05, 4.69) is 15.9 Å². The maximum Gasteiger partial charge on any atom is 0.331 e. The fourth-order valence-corrected chi connectivity index (χ4v) is 1.67. The van der Waals surface area contributed by atoms with Crippen LogP contribution in [0.25, 0.3) is 5.57 Å². The van der Waals surface area contributed by atoms with Gasteiger partial charge in [-0.3, -0.25) is 0 Å². The molecule has 1 rings (SSSR count). The molecule has 2 nitrogen and oxygen atoms in total. The maximum absolute atomic E-state index is 12.7. The molecule has 0 N–H and O–H groups in total. The third-order valence-electron chi connectivity index (χ3n) is 1.94. The summed E-state index contributed by atoms with van der Waals surface area (Å²) >= 11 is 3.28. The van der Waals surface area contributed by atoms with Crippen molar-refractivity contribution in [3.8, 4) is 0 Å². The van der Waals surface area contributed by atoms with Crippen molar-refractivity contribution in [3.05, 3.63) is 41.7 Å². The first-order valence-electron chi connectivity index (χ1n) is 4.86. The van der Waals surface area contributed by atoms with Gasteiger partial charge in [0.2, 0.25) is 0 Å². The predicted molar refractivity (Wildman–Crippen MR) is 64.8 cm³/mol. The van der Waals surface area contributed by atoms with Gasteiger partial charge in [-0.1, -0.05) is 28.1 Å². The molecule has 0 aromatic heterocycles. The molecule has 0 spiro atoms. The molecule has 0 heterocycles. The summed E-state index contributed by atoms with van der Waals surface area (Å²) in [4.78, 5) is 11.3. The third kappa shape index (κ3) is 3.77. The van der Waals surface area contributed by atoms with Crippen LogP contribution in [0.4, 0.5) is 4.39 Å². The third-order valence-corrected chi connectivity index (χ3v) is 2.54. The lowest BCUT2D eigenvalue weighted by Gasteiger charge is -2.04. The SMILES string of the molecule is CCOC(=O)C=C(CBr)c1ccc(F)cc1. The molecule has 86 valence electrons. The van der Waals surface area contributed by atoms with Crippen LogP contribution in [0.3, 0.4) is 0 Å². The van der Waals surface area contributed by atoms with E-state index in [1.165, 1.54) is 18.2 Å². The molecule has 0 amide bonds. The molecule has 1 aromatic rings. The average Bonchev–Trinajstić information content (AvgIpc) is 2.27. The van der Waals surface area contributed by atoms with Gasteiger partial charge in [-0.2, -0.15) is 0 Å². The Bertz CT molecular complexity index is 385. The van der Waals surface area contributed by atoms with E-state index in [0.717, 1.165) is 11.1 Å². The van der Waals surface area contributed by atoms with Crippen molar-refractivity contribution in [1.29, 1.82) is 0 Å². The number of carbonyl (C=O) groups is 1. The van der Waals surface area contributed by atoms with Crippen LogP contribution < -0.4 is 0 Å². The molecular weight excluding hydrogens is 275 g/mol. The number of benzene rings is 1. The highest BCUT2D eigenvalue weighted by Gasteiger charge is 2.04. The van der Waals surface area contributed by atoms with Crippen LogP contribution in [0.15, 0.2) is 30.3 Å². The van der Waals surface area contributed by atoms with Gasteiger partial charge in [0.1, 0.15) is 5.82 Å². The number of allylic oxidation sites excluding steroid dienone is 1. The Balaban J connectivity index is 2.89. The van der Waals surface area contributed by atoms with E-state index in [1.807, 2.05) is 0 Å². The predicted octanol–water partition coefficient (Wildman–Crippen LogP) is 3.17. The molecule has 0 unspecified atom stereocenters. The van der Waals surface area contributed by atoms with E-state index in [-0.39, 0.29) is 11.8 Å². The zero-order valence-electron chi connectivity index (χ0n) is 8.87. The highest BCUT2D eigenvalue weighted by Crippen LogP contribution is 2.17. The van der Waals surface area contributed by atoms with Crippen molar-refractivity contribution in [3.63, 3.8) is 0 Å². The van der Waals surface area contributed by atoms with E-state index in [4.69, 9.17) is 4.74 Å². The first kappa shape index (κ1) is 12.9. The van der Waals surface area contributed by atoms with Crippen LogP contribution in [0.5, 0.6) is 0 Å². The highest BCUT2D eigenvalue weighted by atomic mass is 79.9. The number of esters is 1. The lowest BCUT2D eigenvalue weighted by molar-refractivity contribution is -0.137. The Kier molecular flexibility index (Phi) is 5.19. The molecule has 0 saturated carbocycles. The summed E-state index contributed by atoms with van der Waals surface area (Å²) in [7, 11) is 0. The van der Waals surface area contributed by atoms with Crippen LogP contribution in [-0.4, -0.2) is 17.9 Å². The summed E-state index contributed by atoms with van der Waals surface area (Å²) in [6.45, 7) is 2.09. The second-order valence-electron chi connectivity index (χ2n) is 3.06. The van der Waals surface area contributed by atoms with Gasteiger partial charge < -0.3 is 4.74 Å². The molecule has 16 heavy (non-hydrogen) atoms. The molecule has 0 aliphatic rings. The van der Waals surface area contributed by atoms with Crippen LogP contribution in [-0.2, 0) is 9.53 Å². The van der Waals surface area contributed by atoms with Gasteiger partial charge in [0.05, 0.1) is 6.61 Å². The first-order chi connectivity index (χ1) is 7.67. The van der Waals surface area contributed by atoms with Crippen molar-refractivity contribution >= 4 is 27.5 Å². The summed E-state index contributed by atoms with van der Waals surface area (Å²) in [6, 6.07) is 5.97. The number of hydrogen-bond acceptors (Lipinski definition) is 2. The molecule has 0 aliphatic heterocycles. The van der Waals surface area contributed by atoms with Crippen LogP contribution in [0.1, 0.15) is 12.5 Å². The number of hydrogen-bond donors (Lipinski definition) is 0. The summed E-state index contributed by atoms with van der Waals surface area (Å²) < 4.78 is 17.5. The molecule has 1 aromatic carbocycles.